The van der Waals surface area contributed by atoms with Gasteiger partial charge in [-0.05, 0) is 43.7 Å². The number of rotatable bonds is 9. The van der Waals surface area contributed by atoms with Crippen molar-refractivity contribution in [3.05, 3.63) is 59.7 Å². The van der Waals surface area contributed by atoms with Crippen LogP contribution in [0.15, 0.2) is 48.5 Å². The van der Waals surface area contributed by atoms with Gasteiger partial charge in [0.2, 0.25) is 0 Å². The minimum absolute atomic E-state index is 0.217. The first-order chi connectivity index (χ1) is 13.0. The lowest BCUT2D eigenvalue weighted by Gasteiger charge is -2.17. The van der Waals surface area contributed by atoms with Crippen LogP contribution in [0.3, 0.4) is 0 Å². The normalized spacial score (nSPS) is 11.5. The molecule has 2 rings (SSSR count). The van der Waals surface area contributed by atoms with Crippen LogP contribution in [0.25, 0.3) is 0 Å². The van der Waals surface area contributed by atoms with Gasteiger partial charge in [-0.15, -0.1) is 0 Å². The lowest BCUT2D eigenvalue weighted by Crippen LogP contribution is -2.32. The zero-order valence-electron chi connectivity index (χ0n) is 16.0. The van der Waals surface area contributed by atoms with Gasteiger partial charge in [-0.25, -0.2) is 0 Å². The van der Waals surface area contributed by atoms with E-state index >= 15 is 0 Å². The molecule has 1 atom stereocenters. The van der Waals surface area contributed by atoms with Gasteiger partial charge in [0.25, 0.3) is 11.8 Å². The highest BCUT2D eigenvalue weighted by molar-refractivity contribution is 5.98. The van der Waals surface area contributed by atoms with Crippen molar-refractivity contribution in [1.29, 1.82) is 0 Å². The second kappa shape index (κ2) is 10.3. The number of methoxy groups -OCH3 is 1. The standard InChI is InChI=1S/C21H26N2O4/c1-4-19(27-18-10-8-15(2)9-11-18)21(25)23-17-7-5-6-16(14-17)20(24)22-12-13-26-3/h5-11,14,19H,4,12-13H2,1-3H3,(H,22,24)(H,23,25). The summed E-state index contributed by atoms with van der Waals surface area (Å²) in [6.45, 7) is 4.75. The largest absolute Gasteiger partial charge is 0.481 e. The van der Waals surface area contributed by atoms with Crippen molar-refractivity contribution in [2.24, 2.45) is 0 Å². The molecule has 1 unspecified atom stereocenters. The third kappa shape index (κ3) is 6.42. The van der Waals surface area contributed by atoms with Gasteiger partial charge in [0.05, 0.1) is 6.61 Å². The number of carbonyl (C=O) groups is 2. The zero-order valence-corrected chi connectivity index (χ0v) is 16.0. The van der Waals surface area contributed by atoms with Crippen molar-refractivity contribution in [1.82, 2.24) is 5.32 Å². The van der Waals surface area contributed by atoms with Crippen LogP contribution in [-0.2, 0) is 9.53 Å². The molecule has 0 radical (unpaired) electrons. The van der Waals surface area contributed by atoms with E-state index in [2.05, 4.69) is 10.6 Å². The molecule has 0 spiro atoms. The maximum atomic E-state index is 12.6. The van der Waals surface area contributed by atoms with Crippen LogP contribution >= 0.6 is 0 Å². The van der Waals surface area contributed by atoms with Gasteiger partial charge in [0, 0.05) is 24.9 Å². The lowest BCUT2D eigenvalue weighted by atomic mass is 10.1. The fourth-order valence-corrected chi connectivity index (χ4v) is 2.43. The molecule has 2 aromatic rings. The van der Waals surface area contributed by atoms with Crippen molar-refractivity contribution < 1.29 is 19.1 Å². The monoisotopic (exact) mass is 370 g/mol. The SMILES string of the molecule is CCC(Oc1ccc(C)cc1)C(=O)Nc1cccc(C(=O)NCCOC)c1. The average molecular weight is 370 g/mol. The van der Waals surface area contributed by atoms with Crippen LogP contribution in [0.2, 0.25) is 0 Å². The summed E-state index contributed by atoms with van der Waals surface area (Å²) in [6, 6.07) is 14.4. The number of hydrogen-bond acceptors (Lipinski definition) is 4. The molecular weight excluding hydrogens is 344 g/mol. The second-order valence-electron chi connectivity index (χ2n) is 6.15. The average Bonchev–Trinajstić information content (AvgIpc) is 2.67. The van der Waals surface area contributed by atoms with Crippen molar-refractivity contribution in [2.45, 2.75) is 26.4 Å². The number of benzene rings is 2. The van der Waals surface area contributed by atoms with Crippen LogP contribution in [0.4, 0.5) is 5.69 Å². The summed E-state index contributed by atoms with van der Waals surface area (Å²) < 4.78 is 10.7. The molecule has 27 heavy (non-hydrogen) atoms. The Labute approximate surface area is 159 Å². The summed E-state index contributed by atoms with van der Waals surface area (Å²) in [4.78, 5) is 24.7. The molecule has 2 amide bonds. The maximum Gasteiger partial charge on any atom is 0.265 e. The number of nitrogens with one attached hydrogen (secondary N) is 2. The van der Waals surface area contributed by atoms with Crippen LogP contribution in [0.5, 0.6) is 5.75 Å². The Bertz CT molecular complexity index is 759. The minimum Gasteiger partial charge on any atom is -0.481 e. The smallest absolute Gasteiger partial charge is 0.265 e. The molecule has 6 nitrogen and oxygen atoms in total. The van der Waals surface area contributed by atoms with Gasteiger partial charge in [-0.1, -0.05) is 30.7 Å². The zero-order chi connectivity index (χ0) is 19.6. The third-order valence-electron chi connectivity index (χ3n) is 3.95. The van der Waals surface area contributed by atoms with E-state index in [1.54, 1.807) is 31.4 Å². The fraction of sp³-hybridized carbons (Fsp3) is 0.333. The predicted octanol–water partition coefficient (Wildman–Crippen LogP) is 3.17. The Morgan fingerprint density at radius 3 is 2.52 bits per heavy atom. The highest BCUT2D eigenvalue weighted by Gasteiger charge is 2.19. The van der Waals surface area contributed by atoms with E-state index < -0.39 is 6.10 Å². The van der Waals surface area contributed by atoms with Gasteiger partial charge in [0.15, 0.2) is 6.10 Å². The van der Waals surface area contributed by atoms with Crippen molar-refractivity contribution in [2.75, 3.05) is 25.6 Å². The summed E-state index contributed by atoms with van der Waals surface area (Å²) in [7, 11) is 1.57. The van der Waals surface area contributed by atoms with Gasteiger partial charge in [-0.3, -0.25) is 9.59 Å². The van der Waals surface area contributed by atoms with E-state index in [1.807, 2.05) is 38.1 Å². The molecule has 0 aromatic heterocycles. The Morgan fingerprint density at radius 1 is 1.11 bits per heavy atom. The minimum atomic E-state index is -0.619. The van der Waals surface area contributed by atoms with E-state index in [1.165, 1.54) is 0 Å². The Balaban J connectivity index is 1.99. The molecule has 0 bridgehead atoms. The summed E-state index contributed by atoms with van der Waals surface area (Å²) >= 11 is 0. The summed E-state index contributed by atoms with van der Waals surface area (Å²) in [5, 5.41) is 5.57. The number of ether oxygens (including phenoxy) is 2. The van der Waals surface area contributed by atoms with Gasteiger partial charge < -0.3 is 20.1 Å². The first-order valence-electron chi connectivity index (χ1n) is 8.95. The van der Waals surface area contributed by atoms with Gasteiger partial charge >= 0.3 is 0 Å². The Kier molecular flexibility index (Phi) is 7.82. The molecule has 2 N–H and O–H groups in total. The molecule has 6 heteroatoms. The fourth-order valence-electron chi connectivity index (χ4n) is 2.43. The van der Waals surface area contributed by atoms with E-state index in [-0.39, 0.29) is 11.8 Å². The number of hydrogen-bond donors (Lipinski definition) is 2. The molecular formula is C21H26N2O4. The van der Waals surface area contributed by atoms with Crippen molar-refractivity contribution >= 4 is 17.5 Å². The lowest BCUT2D eigenvalue weighted by molar-refractivity contribution is -0.122. The van der Waals surface area contributed by atoms with Gasteiger partial charge in [-0.2, -0.15) is 0 Å². The third-order valence-corrected chi connectivity index (χ3v) is 3.95. The molecule has 0 aliphatic heterocycles. The highest BCUT2D eigenvalue weighted by atomic mass is 16.5. The second-order valence-corrected chi connectivity index (χ2v) is 6.15. The summed E-state index contributed by atoms with van der Waals surface area (Å²) in [5.74, 6) is 0.176. The van der Waals surface area contributed by atoms with Crippen molar-refractivity contribution in [3.63, 3.8) is 0 Å². The molecule has 0 saturated heterocycles. The molecule has 144 valence electrons. The van der Waals surface area contributed by atoms with E-state index in [4.69, 9.17) is 9.47 Å². The van der Waals surface area contributed by atoms with E-state index in [0.717, 1.165) is 5.56 Å². The quantitative estimate of drug-likeness (QED) is 0.665. The van der Waals surface area contributed by atoms with Crippen LogP contribution in [-0.4, -0.2) is 38.2 Å². The molecule has 0 fully saturated rings. The summed E-state index contributed by atoms with van der Waals surface area (Å²) in [6.07, 6.45) is -0.0939. The van der Waals surface area contributed by atoms with E-state index in [0.29, 0.717) is 36.6 Å². The topological polar surface area (TPSA) is 76.7 Å². The van der Waals surface area contributed by atoms with Crippen LogP contribution < -0.4 is 15.4 Å². The van der Waals surface area contributed by atoms with E-state index in [9.17, 15) is 9.59 Å². The number of aryl methyl sites for hydroxylation is 1. The number of carbonyl (C=O) groups excluding carboxylic acids is 2. The first kappa shape index (κ1) is 20.5. The molecule has 0 heterocycles. The number of anilines is 1. The first-order valence-corrected chi connectivity index (χ1v) is 8.95. The Morgan fingerprint density at radius 2 is 1.85 bits per heavy atom. The molecule has 2 aromatic carbocycles. The molecule has 0 aliphatic rings. The Hall–Kier alpha value is -2.86. The number of amides is 2. The van der Waals surface area contributed by atoms with Crippen LogP contribution in [0.1, 0.15) is 29.3 Å². The summed E-state index contributed by atoms with van der Waals surface area (Å²) in [5.41, 5.74) is 2.14. The van der Waals surface area contributed by atoms with Gasteiger partial charge in [0.1, 0.15) is 5.75 Å². The van der Waals surface area contributed by atoms with Crippen molar-refractivity contribution in [3.8, 4) is 5.75 Å². The predicted molar refractivity (Wildman–Crippen MR) is 105 cm³/mol. The highest BCUT2D eigenvalue weighted by Crippen LogP contribution is 2.17. The molecule has 0 aliphatic carbocycles. The van der Waals surface area contributed by atoms with Crippen LogP contribution in [0, 0.1) is 6.92 Å². The molecule has 0 saturated carbocycles. The maximum absolute atomic E-state index is 12.6.